The largest absolute Gasteiger partial charge is 0.351 e. The minimum Gasteiger partial charge on any atom is -0.351 e. The van der Waals surface area contributed by atoms with E-state index in [1.807, 2.05) is 24.3 Å². The molecule has 110 valence electrons. The zero-order valence-electron chi connectivity index (χ0n) is 11.1. The van der Waals surface area contributed by atoms with Gasteiger partial charge >= 0.3 is 0 Å². The van der Waals surface area contributed by atoms with Crippen LogP contribution in [0.3, 0.4) is 0 Å². The molecule has 3 N–H and O–H groups in total. The molecular weight excluding hydrogens is 298 g/mol. The van der Waals surface area contributed by atoms with Gasteiger partial charge in [-0.3, -0.25) is 14.9 Å². The quantitative estimate of drug-likeness (QED) is 0.784. The summed E-state index contributed by atoms with van der Waals surface area (Å²) < 4.78 is 0. The lowest BCUT2D eigenvalue weighted by molar-refractivity contribution is -0.122. The van der Waals surface area contributed by atoms with E-state index in [-0.39, 0.29) is 30.3 Å². The summed E-state index contributed by atoms with van der Waals surface area (Å²) in [7, 11) is 0. The summed E-state index contributed by atoms with van der Waals surface area (Å²) in [6, 6.07) is 7.35. The van der Waals surface area contributed by atoms with Crippen molar-refractivity contribution in [1.29, 1.82) is 0 Å². The lowest BCUT2D eigenvalue weighted by Gasteiger charge is -2.10. The normalized spacial score (nSPS) is 17.1. The van der Waals surface area contributed by atoms with Crippen LogP contribution in [-0.2, 0) is 16.1 Å². The minimum absolute atomic E-state index is 0. The summed E-state index contributed by atoms with van der Waals surface area (Å²) in [5.74, 6) is 1.61. The van der Waals surface area contributed by atoms with E-state index in [1.54, 1.807) is 11.8 Å². The number of thioether (sulfide) groups is 1. The fourth-order valence-electron chi connectivity index (χ4n) is 1.79. The maximum absolute atomic E-state index is 11.8. The van der Waals surface area contributed by atoms with Crippen molar-refractivity contribution in [3.05, 3.63) is 29.8 Å². The molecule has 2 amide bonds. The summed E-state index contributed by atoms with van der Waals surface area (Å²) in [6.07, 6.45) is 0. The van der Waals surface area contributed by atoms with Crippen molar-refractivity contribution in [1.82, 2.24) is 10.6 Å². The van der Waals surface area contributed by atoms with Crippen molar-refractivity contribution in [3.8, 4) is 0 Å². The van der Waals surface area contributed by atoms with Gasteiger partial charge in [-0.05, 0) is 17.7 Å². The molecule has 0 spiro atoms. The number of hydrogen-bond donors (Lipinski definition) is 3. The van der Waals surface area contributed by atoms with Gasteiger partial charge in [-0.25, -0.2) is 0 Å². The van der Waals surface area contributed by atoms with Crippen LogP contribution in [0.1, 0.15) is 12.5 Å². The molecule has 1 saturated heterocycles. The Bertz CT molecular complexity index is 461. The van der Waals surface area contributed by atoms with Crippen LogP contribution in [0.2, 0.25) is 0 Å². The highest BCUT2D eigenvalue weighted by atomic mass is 35.5. The van der Waals surface area contributed by atoms with Crippen molar-refractivity contribution in [2.24, 2.45) is 0 Å². The Labute approximate surface area is 128 Å². The van der Waals surface area contributed by atoms with Crippen molar-refractivity contribution in [2.45, 2.75) is 19.5 Å². The van der Waals surface area contributed by atoms with Gasteiger partial charge in [0.2, 0.25) is 11.8 Å². The number of carbonyl (C=O) groups excluding carboxylic acids is 2. The van der Waals surface area contributed by atoms with Gasteiger partial charge < -0.3 is 10.6 Å². The predicted molar refractivity (Wildman–Crippen MR) is 84.1 cm³/mol. The number of halogens is 1. The number of rotatable bonds is 4. The van der Waals surface area contributed by atoms with Crippen LogP contribution in [-0.4, -0.2) is 29.5 Å². The number of anilines is 1. The minimum atomic E-state index is -0.0918. The second-order valence-corrected chi connectivity index (χ2v) is 5.40. The van der Waals surface area contributed by atoms with E-state index in [0.29, 0.717) is 6.54 Å². The average molecular weight is 316 g/mol. The highest BCUT2D eigenvalue weighted by Crippen LogP contribution is 2.11. The number of nitrogens with one attached hydrogen (secondary N) is 3. The van der Waals surface area contributed by atoms with E-state index >= 15 is 0 Å². The molecule has 0 saturated carbocycles. The molecule has 1 heterocycles. The number of hydrogen-bond acceptors (Lipinski definition) is 4. The lowest BCUT2D eigenvalue weighted by atomic mass is 10.2. The van der Waals surface area contributed by atoms with E-state index in [4.69, 9.17) is 0 Å². The van der Waals surface area contributed by atoms with E-state index in [9.17, 15) is 9.59 Å². The molecule has 1 aromatic carbocycles. The summed E-state index contributed by atoms with van der Waals surface area (Å²) in [5, 5.41) is 8.73. The Morgan fingerprint density at radius 1 is 1.35 bits per heavy atom. The highest BCUT2D eigenvalue weighted by molar-refractivity contribution is 7.99. The molecule has 1 aliphatic rings. The maximum atomic E-state index is 11.8. The standard InChI is InChI=1S/C13H17N3O2S.ClH/c1-9(17)16-11-4-2-10(3-5-11)6-14-13(18)12-7-19-8-15-12;/h2-5,12,15H,6-8H2,1H3,(H,14,18)(H,16,17);1H. The fraction of sp³-hybridized carbons (Fsp3) is 0.385. The molecule has 0 aromatic heterocycles. The summed E-state index contributed by atoms with van der Waals surface area (Å²) in [4.78, 5) is 22.7. The van der Waals surface area contributed by atoms with E-state index < -0.39 is 0 Å². The first kappa shape index (κ1) is 16.8. The van der Waals surface area contributed by atoms with Crippen LogP contribution in [0, 0.1) is 0 Å². The van der Waals surface area contributed by atoms with Gasteiger partial charge in [0, 0.05) is 30.8 Å². The van der Waals surface area contributed by atoms with Crippen LogP contribution < -0.4 is 16.0 Å². The smallest absolute Gasteiger partial charge is 0.238 e. The second-order valence-electron chi connectivity index (χ2n) is 4.37. The summed E-state index contributed by atoms with van der Waals surface area (Å²) >= 11 is 1.73. The van der Waals surface area contributed by atoms with Crippen LogP contribution in [0.5, 0.6) is 0 Å². The van der Waals surface area contributed by atoms with Crippen molar-refractivity contribution < 1.29 is 9.59 Å². The molecule has 2 rings (SSSR count). The Morgan fingerprint density at radius 3 is 2.60 bits per heavy atom. The van der Waals surface area contributed by atoms with E-state index in [2.05, 4.69) is 16.0 Å². The Kier molecular flexibility index (Phi) is 6.84. The molecule has 0 bridgehead atoms. The van der Waals surface area contributed by atoms with Crippen molar-refractivity contribution in [2.75, 3.05) is 16.9 Å². The zero-order chi connectivity index (χ0) is 13.7. The first-order valence-corrected chi connectivity index (χ1v) is 7.26. The van der Waals surface area contributed by atoms with Gasteiger partial charge in [0.25, 0.3) is 0 Å². The first-order valence-electron chi connectivity index (χ1n) is 6.10. The van der Waals surface area contributed by atoms with Gasteiger partial charge in [-0.2, -0.15) is 0 Å². The lowest BCUT2D eigenvalue weighted by Crippen LogP contribution is -2.41. The first-order chi connectivity index (χ1) is 9.15. The Morgan fingerprint density at radius 2 is 2.05 bits per heavy atom. The van der Waals surface area contributed by atoms with Gasteiger partial charge in [0.05, 0.1) is 6.04 Å². The molecule has 20 heavy (non-hydrogen) atoms. The zero-order valence-corrected chi connectivity index (χ0v) is 12.8. The Hall–Kier alpha value is -1.24. The molecule has 1 aromatic rings. The second kappa shape index (κ2) is 8.14. The maximum Gasteiger partial charge on any atom is 0.238 e. The van der Waals surface area contributed by atoms with Gasteiger partial charge in [0.15, 0.2) is 0 Å². The van der Waals surface area contributed by atoms with Crippen molar-refractivity contribution in [3.63, 3.8) is 0 Å². The van der Waals surface area contributed by atoms with Gasteiger partial charge in [-0.1, -0.05) is 12.1 Å². The third kappa shape index (κ3) is 5.03. The van der Waals surface area contributed by atoms with Crippen molar-refractivity contribution >= 4 is 41.7 Å². The topological polar surface area (TPSA) is 70.2 Å². The molecular formula is C13H18ClN3O2S. The predicted octanol–water partition coefficient (Wildman–Crippen LogP) is 1.35. The third-order valence-corrected chi connectivity index (χ3v) is 3.71. The van der Waals surface area contributed by atoms with Gasteiger partial charge in [0.1, 0.15) is 0 Å². The Balaban J connectivity index is 0.00000200. The molecule has 0 aliphatic carbocycles. The monoisotopic (exact) mass is 315 g/mol. The molecule has 7 heteroatoms. The molecule has 1 unspecified atom stereocenters. The molecule has 5 nitrogen and oxygen atoms in total. The van der Waals surface area contributed by atoms with Crippen LogP contribution in [0.4, 0.5) is 5.69 Å². The summed E-state index contributed by atoms with van der Waals surface area (Å²) in [5.41, 5.74) is 1.77. The molecule has 0 radical (unpaired) electrons. The third-order valence-electron chi connectivity index (χ3n) is 2.77. The van der Waals surface area contributed by atoms with Crippen LogP contribution >= 0.6 is 24.2 Å². The number of carbonyl (C=O) groups is 2. The van der Waals surface area contributed by atoms with Crippen LogP contribution in [0.15, 0.2) is 24.3 Å². The fourth-order valence-corrected chi connectivity index (χ4v) is 2.73. The van der Waals surface area contributed by atoms with E-state index in [0.717, 1.165) is 22.9 Å². The average Bonchev–Trinajstić information content (AvgIpc) is 2.91. The molecule has 1 atom stereocenters. The van der Waals surface area contributed by atoms with Gasteiger partial charge in [-0.15, -0.1) is 24.2 Å². The SMILES string of the molecule is CC(=O)Nc1ccc(CNC(=O)C2CSCN2)cc1.Cl. The molecule has 1 aliphatic heterocycles. The van der Waals surface area contributed by atoms with E-state index in [1.165, 1.54) is 6.92 Å². The van der Waals surface area contributed by atoms with Crippen LogP contribution in [0.25, 0.3) is 0 Å². The number of amides is 2. The number of benzene rings is 1. The molecule has 1 fully saturated rings. The highest BCUT2D eigenvalue weighted by Gasteiger charge is 2.21. The summed E-state index contributed by atoms with van der Waals surface area (Å²) in [6.45, 7) is 1.97.